The lowest BCUT2D eigenvalue weighted by Gasteiger charge is -2.14. The van der Waals surface area contributed by atoms with Gasteiger partial charge in [0.2, 0.25) is 0 Å². The molecule has 3 aromatic heterocycles. The molecule has 12 aromatic rings. The number of hydrogen-bond donors (Lipinski definition) is 0. The summed E-state index contributed by atoms with van der Waals surface area (Å²) < 4.78 is 18.8. The first-order chi connectivity index (χ1) is 29.2. The second-order valence-corrected chi connectivity index (χ2v) is 15.1. The van der Waals surface area contributed by atoms with Gasteiger partial charge in [0.25, 0.3) is 0 Å². The van der Waals surface area contributed by atoms with E-state index in [1.54, 1.807) is 12.1 Å². The zero-order valence-electron chi connectivity index (χ0n) is 31.7. The van der Waals surface area contributed by atoms with Crippen molar-refractivity contribution < 1.29 is 4.39 Å². The molecule has 0 aliphatic heterocycles. The summed E-state index contributed by atoms with van der Waals surface area (Å²) >= 11 is 0. The molecule has 0 amide bonds. The average molecular weight is 757 g/mol. The van der Waals surface area contributed by atoms with Crippen LogP contribution in [-0.2, 0) is 0 Å². The first kappa shape index (κ1) is 33.3. The third-order valence-corrected chi connectivity index (χ3v) is 11.8. The van der Waals surface area contributed by atoms with E-state index >= 15 is 0 Å². The summed E-state index contributed by atoms with van der Waals surface area (Å²) in [5.41, 5.74) is 12.6. The van der Waals surface area contributed by atoms with Crippen molar-refractivity contribution in [1.82, 2.24) is 19.1 Å². The molecule has 3 heterocycles. The van der Waals surface area contributed by atoms with E-state index < -0.39 is 0 Å². The van der Waals surface area contributed by atoms with Crippen LogP contribution < -0.4 is 0 Å². The van der Waals surface area contributed by atoms with E-state index in [0.29, 0.717) is 5.82 Å². The quantitative estimate of drug-likeness (QED) is 0.164. The van der Waals surface area contributed by atoms with Crippen LogP contribution in [-0.4, -0.2) is 19.1 Å². The van der Waals surface area contributed by atoms with Crippen LogP contribution in [0.2, 0.25) is 0 Å². The third kappa shape index (κ3) is 5.15. The Morgan fingerprint density at radius 3 is 1.63 bits per heavy atom. The standard InChI is InChI=1S/C54H33FN4/c55-37-30-27-35(28-31-37)54-56-52(45-32-29-34-13-4-5-18-40(34)53(45)57-54)36-14-10-17-39(33-36)59-47-24-9-7-20-44(47)51-42(22-12-26-49(51)59)41-21-11-25-48-50(41)43-19-6-8-23-46(43)58(48)38-15-2-1-3-16-38/h1-33H. The molecule has 0 atom stereocenters. The lowest BCUT2D eigenvalue weighted by Crippen LogP contribution is -1.98. The molecule has 4 nitrogen and oxygen atoms in total. The molecule has 0 fully saturated rings. The average Bonchev–Trinajstić information content (AvgIpc) is 3.82. The number of rotatable bonds is 5. The molecule has 0 N–H and O–H groups in total. The van der Waals surface area contributed by atoms with E-state index in [2.05, 4.69) is 173 Å². The van der Waals surface area contributed by atoms with Gasteiger partial charge in [0.1, 0.15) is 5.82 Å². The maximum Gasteiger partial charge on any atom is 0.160 e. The summed E-state index contributed by atoms with van der Waals surface area (Å²) in [6.45, 7) is 0. The maximum absolute atomic E-state index is 14.1. The SMILES string of the molecule is Fc1ccc(-c2nc(-c3cccc(-n4c5ccccc5c5c(-c6cccc7c6c6ccccc6n7-c6ccccc6)cccc54)c3)c3ccc4ccccc4c3n2)cc1. The van der Waals surface area contributed by atoms with E-state index in [1.165, 1.54) is 55.8 Å². The fourth-order valence-electron chi connectivity index (χ4n) is 9.23. The molecule has 5 heteroatoms. The number of aromatic nitrogens is 4. The van der Waals surface area contributed by atoms with Crippen LogP contribution in [0.5, 0.6) is 0 Å². The Kier molecular flexibility index (Phi) is 7.38. The van der Waals surface area contributed by atoms with Crippen LogP contribution >= 0.6 is 0 Å². The summed E-state index contributed by atoms with van der Waals surface area (Å²) in [6.07, 6.45) is 0. The van der Waals surface area contributed by atoms with Crippen molar-refractivity contribution in [2.75, 3.05) is 0 Å². The number of fused-ring (bicyclic) bond motifs is 9. The number of nitrogens with zero attached hydrogens (tertiary/aromatic N) is 4. The number of hydrogen-bond acceptors (Lipinski definition) is 2. The maximum atomic E-state index is 14.1. The first-order valence-corrected chi connectivity index (χ1v) is 19.9. The Bertz CT molecular complexity index is 3620. The zero-order chi connectivity index (χ0) is 39.0. The highest BCUT2D eigenvalue weighted by atomic mass is 19.1. The number of halogens is 1. The molecule has 0 saturated carbocycles. The van der Waals surface area contributed by atoms with Crippen molar-refractivity contribution in [3.05, 3.63) is 206 Å². The Morgan fingerprint density at radius 1 is 0.373 bits per heavy atom. The van der Waals surface area contributed by atoms with Crippen LogP contribution in [0.25, 0.3) is 110 Å². The minimum Gasteiger partial charge on any atom is -0.309 e. The fourth-order valence-corrected chi connectivity index (χ4v) is 9.23. The molecular weight excluding hydrogens is 724 g/mol. The molecular formula is C54H33FN4. The van der Waals surface area contributed by atoms with Gasteiger partial charge in [-0.1, -0.05) is 121 Å². The van der Waals surface area contributed by atoms with Gasteiger partial charge in [-0.25, -0.2) is 14.4 Å². The molecule has 0 saturated heterocycles. The van der Waals surface area contributed by atoms with Gasteiger partial charge in [0.05, 0.1) is 33.3 Å². The van der Waals surface area contributed by atoms with Crippen LogP contribution in [0.4, 0.5) is 4.39 Å². The van der Waals surface area contributed by atoms with Crippen molar-refractivity contribution in [2.45, 2.75) is 0 Å². The molecule has 0 aliphatic carbocycles. The molecule has 9 aromatic carbocycles. The molecule has 0 radical (unpaired) electrons. The van der Waals surface area contributed by atoms with Gasteiger partial charge in [-0.15, -0.1) is 0 Å². The second kappa shape index (κ2) is 13.1. The van der Waals surface area contributed by atoms with Crippen LogP contribution in [0, 0.1) is 5.82 Å². The normalized spacial score (nSPS) is 11.8. The largest absolute Gasteiger partial charge is 0.309 e. The highest BCUT2D eigenvalue weighted by molar-refractivity contribution is 6.22. The fraction of sp³-hybridized carbons (Fsp3) is 0. The summed E-state index contributed by atoms with van der Waals surface area (Å²) in [5, 5.41) is 7.95. The van der Waals surface area contributed by atoms with Gasteiger partial charge in [-0.2, -0.15) is 0 Å². The molecule has 0 unspecified atom stereocenters. The minimum absolute atomic E-state index is 0.294. The number of benzene rings is 9. The van der Waals surface area contributed by atoms with E-state index in [4.69, 9.17) is 9.97 Å². The summed E-state index contributed by atoms with van der Waals surface area (Å²) in [5.74, 6) is 0.261. The minimum atomic E-state index is -0.294. The van der Waals surface area contributed by atoms with Gasteiger partial charge in [0, 0.05) is 54.8 Å². The van der Waals surface area contributed by atoms with Crippen molar-refractivity contribution >= 4 is 65.3 Å². The van der Waals surface area contributed by atoms with Crippen LogP contribution in [0.3, 0.4) is 0 Å². The monoisotopic (exact) mass is 756 g/mol. The van der Waals surface area contributed by atoms with Crippen LogP contribution in [0.1, 0.15) is 0 Å². The Hall–Kier alpha value is -7.89. The Morgan fingerprint density at radius 2 is 0.932 bits per heavy atom. The number of para-hydroxylation sites is 3. The molecule has 12 rings (SSSR count). The molecule has 0 aliphatic rings. The van der Waals surface area contributed by atoms with Gasteiger partial charge in [-0.05, 0) is 95.4 Å². The van der Waals surface area contributed by atoms with E-state index in [1.807, 2.05) is 12.1 Å². The molecule has 0 bridgehead atoms. The van der Waals surface area contributed by atoms with Crippen LogP contribution in [0.15, 0.2) is 200 Å². The summed E-state index contributed by atoms with van der Waals surface area (Å²) in [7, 11) is 0. The lowest BCUT2D eigenvalue weighted by atomic mass is 9.95. The van der Waals surface area contributed by atoms with Crippen molar-refractivity contribution in [3.63, 3.8) is 0 Å². The molecule has 0 spiro atoms. The lowest BCUT2D eigenvalue weighted by molar-refractivity contribution is 0.628. The van der Waals surface area contributed by atoms with Gasteiger partial charge in [0.15, 0.2) is 5.82 Å². The third-order valence-electron chi connectivity index (χ3n) is 11.8. The van der Waals surface area contributed by atoms with Crippen molar-refractivity contribution in [1.29, 1.82) is 0 Å². The highest BCUT2D eigenvalue weighted by Gasteiger charge is 2.21. The van der Waals surface area contributed by atoms with E-state index in [0.717, 1.165) is 60.9 Å². The van der Waals surface area contributed by atoms with Gasteiger partial charge in [-0.3, -0.25) is 0 Å². The van der Waals surface area contributed by atoms with E-state index in [-0.39, 0.29) is 5.82 Å². The smallest absolute Gasteiger partial charge is 0.160 e. The Labute approximate surface area is 338 Å². The van der Waals surface area contributed by atoms with Crippen molar-refractivity contribution in [2.24, 2.45) is 0 Å². The topological polar surface area (TPSA) is 35.6 Å². The summed E-state index contributed by atoms with van der Waals surface area (Å²) in [4.78, 5) is 10.3. The summed E-state index contributed by atoms with van der Waals surface area (Å²) in [6, 6.07) is 69.1. The van der Waals surface area contributed by atoms with Gasteiger partial charge >= 0.3 is 0 Å². The van der Waals surface area contributed by atoms with Crippen molar-refractivity contribution in [3.8, 4) is 45.1 Å². The van der Waals surface area contributed by atoms with E-state index in [9.17, 15) is 4.39 Å². The molecule has 59 heavy (non-hydrogen) atoms. The first-order valence-electron chi connectivity index (χ1n) is 19.9. The van der Waals surface area contributed by atoms with Gasteiger partial charge < -0.3 is 9.13 Å². The second-order valence-electron chi connectivity index (χ2n) is 15.1. The molecule has 276 valence electrons. The zero-order valence-corrected chi connectivity index (χ0v) is 31.7. The predicted octanol–water partition coefficient (Wildman–Crippen LogP) is 14.1. The highest BCUT2D eigenvalue weighted by Crippen LogP contribution is 2.44. The Balaban J connectivity index is 1.10. The predicted molar refractivity (Wildman–Crippen MR) is 242 cm³/mol.